The van der Waals surface area contributed by atoms with Gasteiger partial charge >= 0.3 is 5.97 Å². The Balaban J connectivity index is 2.65. The van der Waals surface area contributed by atoms with Crippen LogP contribution >= 0.6 is 27.5 Å². The number of nitrogens with zero attached hydrogens (tertiary/aromatic N) is 1. The largest absolute Gasteiger partial charge is 0.475 e. The van der Waals surface area contributed by atoms with Gasteiger partial charge in [-0.05, 0) is 18.2 Å². The second-order valence-electron chi connectivity index (χ2n) is 5.38. The highest BCUT2D eigenvalue weighted by Gasteiger charge is 2.29. The number of rotatable bonds is 2. The molecule has 0 saturated carbocycles. The highest BCUT2D eigenvalue weighted by Crippen LogP contribution is 2.34. The monoisotopic (exact) mass is 357 g/mol. The Hall–Kier alpha value is -1.33. The molecule has 106 valence electrons. The normalized spacial score (nSPS) is 11.7. The summed E-state index contributed by atoms with van der Waals surface area (Å²) < 4.78 is 6.22. The van der Waals surface area contributed by atoms with Gasteiger partial charge in [-0.1, -0.05) is 48.3 Å². The van der Waals surface area contributed by atoms with Gasteiger partial charge in [0.2, 0.25) is 11.7 Å². The third-order valence-corrected chi connectivity index (χ3v) is 3.51. The van der Waals surface area contributed by atoms with Crippen molar-refractivity contribution < 1.29 is 14.3 Å². The highest BCUT2D eigenvalue weighted by molar-refractivity contribution is 9.10. The van der Waals surface area contributed by atoms with E-state index in [9.17, 15) is 9.90 Å². The number of aromatic nitrogens is 1. The van der Waals surface area contributed by atoms with Crippen molar-refractivity contribution in [1.29, 1.82) is 0 Å². The molecule has 4 nitrogen and oxygen atoms in total. The van der Waals surface area contributed by atoms with Crippen molar-refractivity contribution >= 4 is 33.5 Å². The summed E-state index contributed by atoms with van der Waals surface area (Å²) in [6.45, 7) is 5.64. The lowest BCUT2D eigenvalue weighted by Crippen LogP contribution is -2.16. The van der Waals surface area contributed by atoms with E-state index in [0.29, 0.717) is 16.3 Å². The molecule has 0 unspecified atom stereocenters. The molecular formula is C14H13BrClNO3. The molecule has 20 heavy (non-hydrogen) atoms. The number of carboxylic acids is 1. The van der Waals surface area contributed by atoms with Gasteiger partial charge in [-0.2, -0.15) is 0 Å². The molecular weight excluding hydrogens is 346 g/mol. The van der Waals surface area contributed by atoms with Crippen molar-refractivity contribution in [3.05, 3.63) is 39.1 Å². The maximum absolute atomic E-state index is 11.3. The molecule has 0 aliphatic heterocycles. The summed E-state index contributed by atoms with van der Waals surface area (Å²) in [5.41, 5.74) is 0.517. The van der Waals surface area contributed by atoms with Crippen LogP contribution in [0.25, 0.3) is 11.5 Å². The second-order valence-corrected chi connectivity index (χ2v) is 6.70. The van der Waals surface area contributed by atoms with Crippen molar-refractivity contribution in [1.82, 2.24) is 4.98 Å². The lowest BCUT2D eigenvalue weighted by atomic mass is 9.91. The van der Waals surface area contributed by atoms with E-state index in [4.69, 9.17) is 16.0 Å². The Morgan fingerprint density at radius 2 is 2.05 bits per heavy atom. The Morgan fingerprint density at radius 1 is 1.40 bits per heavy atom. The number of hydrogen-bond acceptors (Lipinski definition) is 3. The van der Waals surface area contributed by atoms with E-state index in [2.05, 4.69) is 20.9 Å². The van der Waals surface area contributed by atoms with Crippen LogP contribution in [0.3, 0.4) is 0 Å². The lowest BCUT2D eigenvalue weighted by molar-refractivity contribution is 0.0659. The molecule has 0 spiro atoms. The van der Waals surface area contributed by atoms with Crippen LogP contribution < -0.4 is 0 Å². The molecule has 0 amide bonds. The molecule has 1 aromatic heterocycles. The second kappa shape index (κ2) is 5.22. The molecule has 0 aliphatic carbocycles. The fourth-order valence-electron chi connectivity index (χ4n) is 1.75. The number of oxazole rings is 1. The fraction of sp³-hybridized carbons (Fsp3) is 0.286. The zero-order valence-electron chi connectivity index (χ0n) is 11.2. The zero-order valence-corrected chi connectivity index (χ0v) is 13.5. The minimum absolute atomic E-state index is 0.149. The molecule has 0 aliphatic rings. The van der Waals surface area contributed by atoms with Crippen LogP contribution in [0, 0.1) is 0 Å². The number of aromatic carboxylic acids is 1. The van der Waals surface area contributed by atoms with Crippen molar-refractivity contribution in [2.24, 2.45) is 0 Å². The summed E-state index contributed by atoms with van der Waals surface area (Å²) in [6, 6.07) is 5.23. The van der Waals surface area contributed by atoms with Crippen molar-refractivity contribution in [2.75, 3.05) is 0 Å². The van der Waals surface area contributed by atoms with Crippen LogP contribution in [-0.2, 0) is 5.41 Å². The molecule has 2 rings (SSSR count). The first-order chi connectivity index (χ1) is 9.20. The molecule has 6 heteroatoms. The smallest absolute Gasteiger partial charge is 0.373 e. The molecule has 0 saturated heterocycles. The van der Waals surface area contributed by atoms with Crippen LogP contribution in [0.4, 0.5) is 0 Å². The third-order valence-electron chi connectivity index (χ3n) is 2.69. The summed E-state index contributed by atoms with van der Waals surface area (Å²) in [5, 5.41) is 9.69. The van der Waals surface area contributed by atoms with Crippen molar-refractivity contribution in [3.8, 4) is 11.5 Å². The van der Waals surface area contributed by atoms with E-state index < -0.39 is 11.4 Å². The van der Waals surface area contributed by atoms with E-state index in [1.165, 1.54) is 0 Å². The molecule has 0 atom stereocenters. The van der Waals surface area contributed by atoms with Gasteiger partial charge in [-0.25, -0.2) is 9.78 Å². The maximum atomic E-state index is 11.3. The molecule has 1 N–H and O–H groups in total. The highest BCUT2D eigenvalue weighted by atomic mass is 79.9. The summed E-state index contributed by atoms with van der Waals surface area (Å²) in [5.74, 6) is -1.08. The molecule has 1 heterocycles. The predicted octanol–water partition coefficient (Wildman–Crippen LogP) is 4.75. The zero-order chi connectivity index (χ0) is 15.1. The predicted molar refractivity (Wildman–Crippen MR) is 80.3 cm³/mol. The Kier molecular flexibility index (Phi) is 3.93. The van der Waals surface area contributed by atoms with Crippen molar-refractivity contribution in [3.63, 3.8) is 0 Å². The summed E-state index contributed by atoms with van der Waals surface area (Å²) in [6.07, 6.45) is 0. The van der Waals surface area contributed by atoms with Gasteiger partial charge in [0.15, 0.2) is 0 Å². The van der Waals surface area contributed by atoms with Gasteiger partial charge in [0.1, 0.15) is 5.69 Å². The van der Waals surface area contributed by atoms with Gasteiger partial charge in [-0.3, -0.25) is 0 Å². The summed E-state index contributed by atoms with van der Waals surface area (Å²) in [4.78, 5) is 15.6. The van der Waals surface area contributed by atoms with E-state index in [1.807, 2.05) is 20.8 Å². The molecule has 1 aromatic carbocycles. The number of halogens is 2. The van der Waals surface area contributed by atoms with E-state index >= 15 is 0 Å². The lowest BCUT2D eigenvalue weighted by Gasteiger charge is -2.14. The van der Waals surface area contributed by atoms with Gasteiger partial charge < -0.3 is 9.52 Å². The number of benzene rings is 1. The average molecular weight is 359 g/mol. The van der Waals surface area contributed by atoms with Crippen LogP contribution in [0.5, 0.6) is 0 Å². The number of carbonyl (C=O) groups is 1. The van der Waals surface area contributed by atoms with E-state index in [-0.39, 0.29) is 11.7 Å². The Labute approximate surface area is 129 Å². The first-order valence-electron chi connectivity index (χ1n) is 5.90. The maximum Gasteiger partial charge on any atom is 0.373 e. The topological polar surface area (TPSA) is 63.3 Å². The van der Waals surface area contributed by atoms with Crippen molar-refractivity contribution in [2.45, 2.75) is 26.2 Å². The Bertz CT molecular complexity index is 674. The molecule has 0 bridgehead atoms. The van der Waals surface area contributed by atoms with Crippen LogP contribution in [0.15, 0.2) is 27.1 Å². The van der Waals surface area contributed by atoms with Gasteiger partial charge in [0.05, 0.1) is 10.6 Å². The summed E-state index contributed by atoms with van der Waals surface area (Å²) in [7, 11) is 0. The minimum Gasteiger partial charge on any atom is -0.475 e. The molecule has 0 fully saturated rings. The van der Waals surface area contributed by atoms with E-state index in [1.54, 1.807) is 18.2 Å². The minimum atomic E-state index is -1.14. The van der Waals surface area contributed by atoms with Gasteiger partial charge in [0, 0.05) is 9.89 Å². The number of carboxylic acid groups (broad SMARTS) is 1. The van der Waals surface area contributed by atoms with Gasteiger partial charge in [-0.15, -0.1) is 0 Å². The number of hydrogen-bond donors (Lipinski definition) is 1. The first kappa shape index (κ1) is 15.1. The summed E-state index contributed by atoms with van der Waals surface area (Å²) >= 11 is 9.46. The van der Waals surface area contributed by atoms with E-state index in [0.717, 1.165) is 4.47 Å². The first-order valence-corrected chi connectivity index (χ1v) is 7.07. The standard InChI is InChI=1S/C14H13BrClNO3/c1-14(2,3)11-10(13(18)19)20-12(17-11)8-6-7(15)4-5-9(8)16/h4-6H,1-3H3,(H,18,19). The van der Waals surface area contributed by atoms with Gasteiger partial charge in [0.25, 0.3) is 0 Å². The van der Waals surface area contributed by atoms with Crippen LogP contribution in [0.2, 0.25) is 5.02 Å². The SMILES string of the molecule is CC(C)(C)c1nc(-c2cc(Br)ccc2Cl)oc1C(=O)O. The van der Waals surface area contributed by atoms with Crippen LogP contribution in [0.1, 0.15) is 37.0 Å². The molecule has 0 radical (unpaired) electrons. The fourth-order valence-corrected chi connectivity index (χ4v) is 2.31. The average Bonchev–Trinajstić information content (AvgIpc) is 2.77. The molecule has 2 aromatic rings. The van der Waals surface area contributed by atoms with Crippen LogP contribution in [-0.4, -0.2) is 16.1 Å². The quantitative estimate of drug-likeness (QED) is 0.841. The Morgan fingerprint density at radius 3 is 2.55 bits per heavy atom. The third kappa shape index (κ3) is 2.88.